The average molecular weight is 842 g/mol. The largest absolute Gasteiger partial charge is 0.493 e. The number of nitrogens with one attached hydrogen (secondary N) is 3. The number of esters is 1. The van der Waals surface area contributed by atoms with Gasteiger partial charge >= 0.3 is 12.0 Å². The summed E-state index contributed by atoms with van der Waals surface area (Å²) in [6.45, 7) is 3.23. The molecule has 0 bridgehead atoms. The fourth-order valence-corrected chi connectivity index (χ4v) is 6.45. The van der Waals surface area contributed by atoms with Crippen molar-refractivity contribution >= 4 is 69.3 Å². The molecule has 1 heterocycles. The van der Waals surface area contributed by atoms with Crippen LogP contribution in [-0.4, -0.2) is 44.4 Å². The summed E-state index contributed by atoms with van der Waals surface area (Å²) in [7, 11) is 1.43. The SMILES string of the molecule is CCOC(=O)C1=C(C)NC(=O)N[C@H]1c1ccc(OCC(=O)N/N=C\c2cc(I)c(OCc3ccccc3F)c(I)c2)c(OC)c1. The quantitative estimate of drug-likeness (QED) is 0.0970. The van der Waals surface area contributed by atoms with Crippen LogP contribution in [0.2, 0.25) is 0 Å². The first kappa shape index (κ1) is 34.0. The molecule has 1 atom stereocenters. The Hall–Kier alpha value is -3.93. The van der Waals surface area contributed by atoms with Crippen molar-refractivity contribution in [3.8, 4) is 17.2 Å². The van der Waals surface area contributed by atoms with Crippen molar-refractivity contribution in [1.29, 1.82) is 0 Å². The number of hydrogen-bond donors (Lipinski definition) is 3. The van der Waals surface area contributed by atoms with Crippen LogP contribution in [0.4, 0.5) is 9.18 Å². The summed E-state index contributed by atoms with van der Waals surface area (Å²) >= 11 is 4.25. The molecule has 45 heavy (non-hydrogen) atoms. The van der Waals surface area contributed by atoms with Crippen molar-refractivity contribution in [3.63, 3.8) is 0 Å². The number of rotatable bonds is 12. The molecule has 0 unspecified atom stereocenters. The molecule has 11 nitrogen and oxygen atoms in total. The predicted molar refractivity (Wildman–Crippen MR) is 181 cm³/mol. The lowest BCUT2D eigenvalue weighted by atomic mass is 9.95. The van der Waals surface area contributed by atoms with E-state index in [1.54, 1.807) is 50.2 Å². The molecule has 1 aliphatic heterocycles. The van der Waals surface area contributed by atoms with E-state index < -0.39 is 23.9 Å². The molecule has 4 rings (SSSR count). The van der Waals surface area contributed by atoms with Crippen molar-refractivity contribution in [1.82, 2.24) is 16.1 Å². The Kier molecular flexibility index (Phi) is 12.0. The molecular weight excluding hydrogens is 813 g/mol. The second kappa shape index (κ2) is 15.9. The molecule has 0 saturated carbocycles. The van der Waals surface area contributed by atoms with Crippen LogP contribution in [0.5, 0.6) is 17.2 Å². The molecule has 0 fully saturated rings. The van der Waals surface area contributed by atoms with Crippen molar-refractivity contribution in [2.24, 2.45) is 5.10 Å². The number of hydrogen-bond acceptors (Lipinski definition) is 8. The molecule has 3 aromatic carbocycles. The van der Waals surface area contributed by atoms with E-state index in [4.69, 9.17) is 18.9 Å². The standard InChI is InChI=1S/C31H29FI2N4O7/c1-4-43-30(40)27-17(2)36-31(41)37-28(27)19-9-10-24(25(13-19)42-3)44-16-26(39)38-35-14-18-11-22(33)29(23(34)12-18)45-15-20-7-5-6-8-21(20)32/h5-14,28H,4,15-16H2,1-3H3,(H,38,39)(H2,36,37,41)/b35-14-/t28-/m0/s1. The van der Waals surface area contributed by atoms with Crippen LogP contribution in [-0.2, 0) is 20.9 Å². The van der Waals surface area contributed by atoms with Crippen LogP contribution < -0.4 is 30.3 Å². The number of allylic oxidation sites excluding steroid dienone is 1. The minimum atomic E-state index is -0.781. The molecule has 0 radical (unpaired) electrons. The van der Waals surface area contributed by atoms with E-state index in [1.807, 2.05) is 12.1 Å². The third-order valence-corrected chi connectivity index (χ3v) is 8.00. The van der Waals surface area contributed by atoms with Crippen LogP contribution in [0.25, 0.3) is 0 Å². The van der Waals surface area contributed by atoms with E-state index in [0.717, 1.165) is 12.7 Å². The van der Waals surface area contributed by atoms with Gasteiger partial charge in [0.05, 0.1) is 38.7 Å². The van der Waals surface area contributed by atoms with Crippen molar-refractivity contribution in [2.75, 3.05) is 20.3 Å². The normalized spacial score (nSPS) is 14.4. The molecule has 3 aromatic rings. The lowest BCUT2D eigenvalue weighted by molar-refractivity contribution is -0.139. The van der Waals surface area contributed by atoms with Crippen molar-refractivity contribution in [2.45, 2.75) is 26.5 Å². The zero-order chi connectivity index (χ0) is 32.5. The summed E-state index contributed by atoms with van der Waals surface area (Å²) < 4.78 is 37.7. The Balaban J connectivity index is 1.36. The van der Waals surface area contributed by atoms with Crippen LogP contribution in [0, 0.1) is 13.0 Å². The number of urea groups is 1. The first-order chi connectivity index (χ1) is 21.6. The van der Waals surface area contributed by atoms with Gasteiger partial charge in [-0.25, -0.2) is 19.4 Å². The fraction of sp³-hybridized carbons (Fsp3) is 0.226. The Labute approximate surface area is 286 Å². The number of carbonyl (C=O) groups excluding carboxylic acids is 3. The summed E-state index contributed by atoms with van der Waals surface area (Å²) in [5.41, 5.74) is 4.80. The molecule has 0 saturated heterocycles. The first-order valence-corrected chi connectivity index (χ1v) is 15.7. The van der Waals surface area contributed by atoms with Crippen molar-refractivity contribution in [3.05, 3.63) is 95.5 Å². The molecular formula is C31H29FI2N4O7. The summed E-state index contributed by atoms with van der Waals surface area (Å²) in [5, 5.41) is 9.33. The maximum Gasteiger partial charge on any atom is 0.338 e. The van der Waals surface area contributed by atoms with E-state index >= 15 is 0 Å². The van der Waals surface area contributed by atoms with Crippen LogP contribution in [0.1, 0.15) is 36.6 Å². The van der Waals surface area contributed by atoms with Gasteiger partial charge in [0.25, 0.3) is 5.91 Å². The number of ether oxygens (including phenoxy) is 4. The maximum absolute atomic E-state index is 13.9. The van der Waals surface area contributed by atoms with Gasteiger partial charge in [-0.3, -0.25) is 4.79 Å². The second-order valence-electron chi connectivity index (χ2n) is 9.48. The highest BCUT2D eigenvalue weighted by Gasteiger charge is 2.32. The van der Waals surface area contributed by atoms with Gasteiger partial charge in [-0.1, -0.05) is 24.3 Å². The molecule has 3 N–H and O–H groups in total. The summed E-state index contributed by atoms with van der Waals surface area (Å²) in [4.78, 5) is 37.2. The molecule has 0 aromatic heterocycles. The molecule has 1 aliphatic rings. The predicted octanol–water partition coefficient (Wildman–Crippen LogP) is 5.34. The van der Waals surface area contributed by atoms with Crippen LogP contribution in [0.15, 0.2) is 71.0 Å². The lowest BCUT2D eigenvalue weighted by Crippen LogP contribution is -2.45. The van der Waals surface area contributed by atoms with E-state index in [0.29, 0.717) is 28.3 Å². The van der Waals surface area contributed by atoms with Gasteiger partial charge in [0.15, 0.2) is 18.1 Å². The maximum atomic E-state index is 13.9. The summed E-state index contributed by atoms with van der Waals surface area (Å²) in [6.07, 6.45) is 1.49. The summed E-state index contributed by atoms with van der Waals surface area (Å²) in [6, 6.07) is 13.7. The Morgan fingerprint density at radius 3 is 2.49 bits per heavy atom. The summed E-state index contributed by atoms with van der Waals surface area (Å²) in [5.74, 6) is -0.212. The second-order valence-corrected chi connectivity index (χ2v) is 11.8. The Bertz CT molecular complexity index is 1640. The molecule has 0 spiro atoms. The highest BCUT2D eigenvalue weighted by Crippen LogP contribution is 2.35. The third kappa shape index (κ3) is 8.84. The van der Waals surface area contributed by atoms with Crippen molar-refractivity contribution < 1.29 is 37.7 Å². The van der Waals surface area contributed by atoms with Gasteiger partial charge in [0, 0.05) is 11.3 Å². The van der Waals surface area contributed by atoms with Gasteiger partial charge in [0.1, 0.15) is 18.2 Å². The number of nitrogens with zero attached hydrogens (tertiary/aromatic N) is 1. The minimum Gasteiger partial charge on any atom is -0.493 e. The van der Waals surface area contributed by atoms with Gasteiger partial charge in [-0.2, -0.15) is 5.10 Å². The van der Waals surface area contributed by atoms with Gasteiger partial charge in [-0.05, 0) is 100 Å². The van der Waals surface area contributed by atoms with Crippen LogP contribution in [0.3, 0.4) is 0 Å². The van der Waals surface area contributed by atoms with E-state index in [1.165, 1.54) is 19.4 Å². The van der Waals surface area contributed by atoms with Gasteiger partial charge < -0.3 is 29.6 Å². The highest BCUT2D eigenvalue weighted by molar-refractivity contribution is 14.1. The lowest BCUT2D eigenvalue weighted by Gasteiger charge is -2.28. The molecule has 14 heteroatoms. The zero-order valence-corrected chi connectivity index (χ0v) is 28.7. The molecule has 236 valence electrons. The number of amides is 3. The number of carbonyl (C=O) groups is 3. The highest BCUT2D eigenvalue weighted by atomic mass is 127. The number of hydrazone groups is 1. The number of methoxy groups -OCH3 is 1. The topological polar surface area (TPSA) is 137 Å². The first-order valence-electron chi connectivity index (χ1n) is 13.5. The monoisotopic (exact) mass is 842 g/mol. The van der Waals surface area contributed by atoms with E-state index in [9.17, 15) is 18.8 Å². The van der Waals surface area contributed by atoms with Gasteiger partial charge in [0.2, 0.25) is 0 Å². The van der Waals surface area contributed by atoms with Crippen LogP contribution >= 0.6 is 45.2 Å². The Morgan fingerprint density at radius 2 is 1.80 bits per heavy atom. The number of benzene rings is 3. The molecule has 3 amide bonds. The number of halogens is 3. The smallest absolute Gasteiger partial charge is 0.338 e. The Morgan fingerprint density at radius 1 is 1.07 bits per heavy atom. The minimum absolute atomic E-state index is 0.0929. The fourth-order valence-electron chi connectivity index (χ4n) is 4.32. The van der Waals surface area contributed by atoms with E-state index in [2.05, 4.69) is 66.3 Å². The van der Waals surface area contributed by atoms with Gasteiger partial charge in [-0.15, -0.1) is 0 Å². The molecule has 0 aliphatic carbocycles. The third-order valence-electron chi connectivity index (χ3n) is 6.40. The average Bonchev–Trinajstić information content (AvgIpc) is 3.00. The zero-order valence-electron chi connectivity index (χ0n) is 24.4. The van der Waals surface area contributed by atoms with E-state index in [-0.39, 0.29) is 37.0 Å².